The maximum absolute atomic E-state index is 11.8. The number of halogens is 2. The van der Waals surface area contributed by atoms with Gasteiger partial charge in [0.1, 0.15) is 0 Å². The molecule has 0 radical (unpaired) electrons. The van der Waals surface area contributed by atoms with E-state index in [-0.39, 0.29) is 24.4 Å². The van der Waals surface area contributed by atoms with Gasteiger partial charge in [0.25, 0.3) is 0 Å². The van der Waals surface area contributed by atoms with Crippen molar-refractivity contribution >= 4 is 34.3 Å². The van der Waals surface area contributed by atoms with E-state index >= 15 is 0 Å². The normalized spacial score (nSPS) is 11.4. The summed E-state index contributed by atoms with van der Waals surface area (Å²) in [7, 11) is 0. The quantitative estimate of drug-likeness (QED) is 0.703. The van der Waals surface area contributed by atoms with Crippen LogP contribution in [0.3, 0.4) is 0 Å². The number of hydrogen-bond acceptors (Lipinski definition) is 3. The van der Waals surface area contributed by atoms with E-state index in [9.17, 15) is 4.79 Å². The number of benzene rings is 2. The molecular weight excluding hydrogens is 378 g/mol. The molecule has 1 N–H and O–H groups in total. The molecule has 1 atom stereocenters. The molecule has 2 aromatic rings. The van der Waals surface area contributed by atoms with Gasteiger partial charge in [-0.05, 0) is 49.2 Å². The third-order valence-corrected chi connectivity index (χ3v) is 3.89. The Morgan fingerprint density at radius 2 is 1.96 bits per heavy atom. The predicted molar refractivity (Wildman–Crippen MR) is 99.0 cm³/mol. The second-order valence-corrected chi connectivity index (χ2v) is 5.99. The minimum atomic E-state index is -0.275. The summed E-state index contributed by atoms with van der Waals surface area (Å²) in [6.45, 7) is 5.05. The van der Waals surface area contributed by atoms with Crippen molar-refractivity contribution in [3.63, 3.8) is 0 Å². The van der Waals surface area contributed by atoms with Crippen LogP contribution in [0.1, 0.15) is 41.4 Å². The molecule has 124 valence electrons. The highest BCUT2D eigenvalue weighted by Crippen LogP contribution is 2.17. The van der Waals surface area contributed by atoms with E-state index in [0.717, 1.165) is 16.6 Å². The molecule has 0 aliphatic rings. The van der Waals surface area contributed by atoms with Crippen LogP contribution in [0.5, 0.6) is 0 Å². The lowest BCUT2D eigenvalue weighted by molar-refractivity contribution is 0.0526. The molecule has 0 amide bonds. The van der Waals surface area contributed by atoms with Crippen LogP contribution in [0.15, 0.2) is 53.0 Å². The van der Waals surface area contributed by atoms with Gasteiger partial charge in [-0.1, -0.05) is 40.2 Å². The van der Waals surface area contributed by atoms with E-state index in [0.29, 0.717) is 12.2 Å². The minimum Gasteiger partial charge on any atom is -0.462 e. The van der Waals surface area contributed by atoms with Crippen molar-refractivity contribution in [2.75, 3.05) is 6.61 Å². The SMILES string of the molecule is CCOC(=O)c1cccc([C@H](C)NCc2cccc(Br)c2)c1.Cl. The van der Waals surface area contributed by atoms with E-state index in [1.54, 1.807) is 6.07 Å². The number of esters is 1. The number of hydrogen-bond donors (Lipinski definition) is 1. The van der Waals surface area contributed by atoms with E-state index in [2.05, 4.69) is 40.3 Å². The van der Waals surface area contributed by atoms with E-state index in [1.165, 1.54) is 5.56 Å². The standard InChI is InChI=1S/C18H20BrNO2.ClH/c1-3-22-18(21)16-8-5-7-15(11-16)13(2)20-12-14-6-4-9-17(19)10-14;/h4-11,13,20H,3,12H2,1-2H3;1H/t13-;/m0./s1. The molecule has 0 heterocycles. The summed E-state index contributed by atoms with van der Waals surface area (Å²) in [4.78, 5) is 11.8. The molecule has 0 unspecified atom stereocenters. The number of carbonyl (C=O) groups excluding carboxylic acids is 1. The van der Waals surface area contributed by atoms with Crippen LogP contribution < -0.4 is 5.32 Å². The van der Waals surface area contributed by atoms with Gasteiger partial charge in [-0.15, -0.1) is 12.4 Å². The summed E-state index contributed by atoms with van der Waals surface area (Å²) < 4.78 is 6.11. The zero-order chi connectivity index (χ0) is 15.9. The molecule has 0 fully saturated rings. The highest BCUT2D eigenvalue weighted by atomic mass is 79.9. The molecular formula is C18H21BrClNO2. The van der Waals surface area contributed by atoms with Gasteiger partial charge in [0.05, 0.1) is 12.2 Å². The second-order valence-electron chi connectivity index (χ2n) is 5.08. The van der Waals surface area contributed by atoms with Gasteiger partial charge in [0.15, 0.2) is 0 Å². The fourth-order valence-electron chi connectivity index (χ4n) is 2.19. The zero-order valence-electron chi connectivity index (χ0n) is 13.2. The molecule has 0 aliphatic carbocycles. The molecule has 2 aromatic carbocycles. The lowest BCUT2D eigenvalue weighted by Gasteiger charge is -2.15. The van der Waals surface area contributed by atoms with Crippen molar-refractivity contribution < 1.29 is 9.53 Å². The van der Waals surface area contributed by atoms with Crippen molar-refractivity contribution in [1.82, 2.24) is 5.32 Å². The average molecular weight is 399 g/mol. The van der Waals surface area contributed by atoms with Gasteiger partial charge in [-0.25, -0.2) is 4.79 Å². The molecule has 0 aliphatic heterocycles. The number of rotatable bonds is 6. The fourth-order valence-corrected chi connectivity index (χ4v) is 2.63. The first-order valence-corrected chi connectivity index (χ1v) is 8.14. The van der Waals surface area contributed by atoms with Crippen molar-refractivity contribution in [2.45, 2.75) is 26.4 Å². The van der Waals surface area contributed by atoms with E-state index in [1.807, 2.05) is 37.3 Å². The van der Waals surface area contributed by atoms with Gasteiger partial charge >= 0.3 is 5.97 Å². The van der Waals surface area contributed by atoms with Crippen LogP contribution in [0, 0.1) is 0 Å². The van der Waals surface area contributed by atoms with Crippen molar-refractivity contribution in [3.05, 3.63) is 69.7 Å². The molecule has 3 nitrogen and oxygen atoms in total. The summed E-state index contributed by atoms with van der Waals surface area (Å²) >= 11 is 3.48. The monoisotopic (exact) mass is 397 g/mol. The molecule has 0 bridgehead atoms. The maximum Gasteiger partial charge on any atom is 0.338 e. The minimum absolute atomic E-state index is 0. The molecule has 23 heavy (non-hydrogen) atoms. The zero-order valence-corrected chi connectivity index (χ0v) is 15.6. The molecule has 5 heteroatoms. The fraction of sp³-hybridized carbons (Fsp3) is 0.278. The Morgan fingerprint density at radius 3 is 2.65 bits per heavy atom. The maximum atomic E-state index is 11.8. The van der Waals surface area contributed by atoms with Crippen molar-refractivity contribution in [1.29, 1.82) is 0 Å². The van der Waals surface area contributed by atoms with Crippen LogP contribution in [0.4, 0.5) is 0 Å². The van der Waals surface area contributed by atoms with Crippen LogP contribution in [0.2, 0.25) is 0 Å². The first-order chi connectivity index (χ1) is 10.6. The van der Waals surface area contributed by atoms with E-state index in [4.69, 9.17) is 4.74 Å². The van der Waals surface area contributed by atoms with Crippen molar-refractivity contribution in [3.8, 4) is 0 Å². The molecule has 0 saturated carbocycles. The Balaban J connectivity index is 0.00000264. The smallest absolute Gasteiger partial charge is 0.338 e. The van der Waals surface area contributed by atoms with Gasteiger partial charge < -0.3 is 10.1 Å². The molecule has 0 spiro atoms. The molecule has 2 rings (SSSR count). The number of ether oxygens (including phenoxy) is 1. The summed E-state index contributed by atoms with van der Waals surface area (Å²) in [6, 6.07) is 15.9. The van der Waals surface area contributed by atoms with Crippen LogP contribution >= 0.6 is 28.3 Å². The average Bonchev–Trinajstić information content (AvgIpc) is 2.53. The Kier molecular flexibility index (Phi) is 8.31. The van der Waals surface area contributed by atoms with Gasteiger partial charge in [0.2, 0.25) is 0 Å². The lowest BCUT2D eigenvalue weighted by Crippen LogP contribution is -2.18. The largest absolute Gasteiger partial charge is 0.462 e. The summed E-state index contributed by atoms with van der Waals surface area (Å²) in [5.41, 5.74) is 2.87. The predicted octanol–water partition coefficient (Wildman–Crippen LogP) is 4.90. The van der Waals surface area contributed by atoms with Gasteiger partial charge in [0, 0.05) is 17.1 Å². The third kappa shape index (κ3) is 5.98. The van der Waals surface area contributed by atoms with Crippen molar-refractivity contribution in [2.24, 2.45) is 0 Å². The first-order valence-electron chi connectivity index (χ1n) is 7.35. The van der Waals surface area contributed by atoms with Crippen LogP contribution in [-0.4, -0.2) is 12.6 Å². The highest BCUT2D eigenvalue weighted by molar-refractivity contribution is 9.10. The Hall–Kier alpha value is -1.36. The molecule has 0 aromatic heterocycles. The number of carbonyl (C=O) groups is 1. The van der Waals surface area contributed by atoms with E-state index < -0.39 is 0 Å². The van der Waals surface area contributed by atoms with Gasteiger partial charge in [-0.3, -0.25) is 0 Å². The lowest BCUT2D eigenvalue weighted by atomic mass is 10.0. The Bertz CT molecular complexity index is 648. The van der Waals surface area contributed by atoms with Gasteiger partial charge in [-0.2, -0.15) is 0 Å². The Labute approximate surface area is 152 Å². The first kappa shape index (κ1) is 19.7. The summed E-state index contributed by atoms with van der Waals surface area (Å²) in [6.07, 6.45) is 0. The summed E-state index contributed by atoms with van der Waals surface area (Å²) in [5.74, 6) is -0.275. The van der Waals surface area contributed by atoms with Crippen LogP contribution in [-0.2, 0) is 11.3 Å². The second kappa shape index (κ2) is 9.71. The third-order valence-electron chi connectivity index (χ3n) is 3.40. The van der Waals surface area contributed by atoms with Crippen LogP contribution in [0.25, 0.3) is 0 Å². The Morgan fingerprint density at radius 1 is 1.22 bits per heavy atom. The summed E-state index contributed by atoms with van der Waals surface area (Å²) in [5, 5.41) is 3.47. The topological polar surface area (TPSA) is 38.3 Å². The highest BCUT2D eigenvalue weighted by Gasteiger charge is 2.10. The number of nitrogens with one attached hydrogen (secondary N) is 1. The molecule has 0 saturated heterocycles.